The quantitative estimate of drug-likeness (QED) is 0.802. The highest BCUT2D eigenvalue weighted by Crippen LogP contribution is 2.23. The molecule has 0 amide bonds. The second kappa shape index (κ2) is 5.42. The first kappa shape index (κ1) is 12.3. The average molecular weight is 252 g/mol. The fraction of sp³-hybridized carbons (Fsp3) is 0.417. The number of hydrogen-bond donors (Lipinski definition) is 2. The van der Waals surface area contributed by atoms with Crippen LogP contribution in [-0.2, 0) is 0 Å². The van der Waals surface area contributed by atoms with Gasteiger partial charge in [0.2, 0.25) is 0 Å². The van der Waals surface area contributed by atoms with Crippen molar-refractivity contribution >= 4 is 22.8 Å². The third-order valence-corrected chi connectivity index (χ3v) is 3.32. The van der Waals surface area contributed by atoms with E-state index >= 15 is 0 Å². The van der Waals surface area contributed by atoms with Gasteiger partial charge in [0.05, 0.1) is 23.7 Å². The van der Waals surface area contributed by atoms with E-state index in [-0.39, 0.29) is 6.10 Å². The van der Waals surface area contributed by atoms with E-state index in [1.165, 1.54) is 11.8 Å². The molecule has 17 heavy (non-hydrogen) atoms. The molecule has 0 aliphatic carbocycles. The highest BCUT2D eigenvalue weighted by molar-refractivity contribution is 7.99. The Morgan fingerprint density at radius 2 is 2.35 bits per heavy atom. The van der Waals surface area contributed by atoms with Crippen LogP contribution in [0.1, 0.15) is 13.8 Å². The van der Waals surface area contributed by atoms with Crippen LogP contribution in [0.4, 0.5) is 0 Å². The van der Waals surface area contributed by atoms with Crippen molar-refractivity contribution in [2.45, 2.75) is 25.1 Å². The van der Waals surface area contributed by atoms with Gasteiger partial charge in [0.1, 0.15) is 5.75 Å². The zero-order chi connectivity index (χ0) is 12.3. The smallest absolute Gasteiger partial charge is 0.166 e. The van der Waals surface area contributed by atoms with Gasteiger partial charge in [-0.05, 0) is 26.0 Å². The lowest BCUT2D eigenvalue weighted by Gasteiger charge is -2.01. The van der Waals surface area contributed by atoms with Gasteiger partial charge in [0.15, 0.2) is 5.16 Å². The summed E-state index contributed by atoms with van der Waals surface area (Å²) < 4.78 is 5.43. The highest BCUT2D eigenvalue weighted by atomic mass is 32.2. The molecule has 0 aliphatic heterocycles. The molecule has 0 saturated heterocycles. The van der Waals surface area contributed by atoms with Crippen LogP contribution in [0.25, 0.3) is 11.0 Å². The fourth-order valence-electron chi connectivity index (χ4n) is 1.49. The van der Waals surface area contributed by atoms with Crippen molar-refractivity contribution < 1.29 is 9.84 Å². The van der Waals surface area contributed by atoms with Crippen LogP contribution in [0.5, 0.6) is 5.75 Å². The van der Waals surface area contributed by atoms with Crippen LogP contribution >= 0.6 is 11.8 Å². The zero-order valence-corrected chi connectivity index (χ0v) is 10.8. The summed E-state index contributed by atoms with van der Waals surface area (Å²) in [6, 6.07) is 5.79. The predicted octanol–water partition coefficient (Wildman–Crippen LogP) is 2.43. The molecule has 0 spiro atoms. The Morgan fingerprint density at radius 1 is 1.53 bits per heavy atom. The molecule has 2 rings (SSSR count). The minimum Gasteiger partial charge on any atom is -0.494 e. The normalized spacial score (nSPS) is 12.9. The summed E-state index contributed by atoms with van der Waals surface area (Å²) in [7, 11) is 0. The molecule has 5 heteroatoms. The second-order valence-electron chi connectivity index (χ2n) is 3.81. The molecule has 0 saturated carbocycles. The summed E-state index contributed by atoms with van der Waals surface area (Å²) in [4.78, 5) is 7.64. The Bertz CT molecular complexity index is 496. The number of imidazole rings is 1. The fourth-order valence-corrected chi connectivity index (χ4v) is 2.23. The van der Waals surface area contributed by atoms with Crippen molar-refractivity contribution in [3.63, 3.8) is 0 Å². The van der Waals surface area contributed by atoms with E-state index in [0.717, 1.165) is 21.9 Å². The maximum absolute atomic E-state index is 9.22. The van der Waals surface area contributed by atoms with Crippen molar-refractivity contribution in [2.75, 3.05) is 12.4 Å². The number of hydrogen-bond acceptors (Lipinski definition) is 4. The Hall–Kier alpha value is -1.20. The third-order valence-electron chi connectivity index (χ3n) is 2.20. The lowest BCUT2D eigenvalue weighted by molar-refractivity contribution is 0.220. The number of aromatic amines is 1. The van der Waals surface area contributed by atoms with Crippen molar-refractivity contribution in [3.05, 3.63) is 18.2 Å². The number of H-pyrrole nitrogens is 1. The number of thioether (sulfide) groups is 1. The summed E-state index contributed by atoms with van der Waals surface area (Å²) in [5, 5.41) is 10.0. The lowest BCUT2D eigenvalue weighted by atomic mass is 10.3. The molecule has 0 bridgehead atoms. The van der Waals surface area contributed by atoms with Gasteiger partial charge in [0.25, 0.3) is 0 Å². The van der Waals surface area contributed by atoms with Gasteiger partial charge in [0, 0.05) is 11.8 Å². The Morgan fingerprint density at radius 3 is 3.06 bits per heavy atom. The summed E-state index contributed by atoms with van der Waals surface area (Å²) in [6.07, 6.45) is -0.327. The minimum absolute atomic E-state index is 0.327. The summed E-state index contributed by atoms with van der Waals surface area (Å²) in [5.74, 6) is 1.48. The third kappa shape index (κ3) is 3.14. The van der Waals surface area contributed by atoms with E-state index in [1.54, 1.807) is 6.92 Å². The van der Waals surface area contributed by atoms with Crippen LogP contribution in [0, 0.1) is 0 Å². The number of benzene rings is 1. The maximum atomic E-state index is 9.22. The number of fused-ring (bicyclic) bond motifs is 1. The maximum Gasteiger partial charge on any atom is 0.166 e. The van der Waals surface area contributed by atoms with Crippen LogP contribution in [0.15, 0.2) is 23.4 Å². The van der Waals surface area contributed by atoms with E-state index in [1.807, 2.05) is 25.1 Å². The molecular formula is C12H16N2O2S. The lowest BCUT2D eigenvalue weighted by Crippen LogP contribution is -2.02. The van der Waals surface area contributed by atoms with Gasteiger partial charge in [-0.25, -0.2) is 4.98 Å². The number of nitrogens with zero attached hydrogens (tertiary/aromatic N) is 1. The van der Waals surface area contributed by atoms with Crippen LogP contribution in [0.2, 0.25) is 0 Å². The van der Waals surface area contributed by atoms with Crippen LogP contribution < -0.4 is 4.74 Å². The first-order valence-electron chi connectivity index (χ1n) is 5.62. The first-order chi connectivity index (χ1) is 8.19. The van der Waals surface area contributed by atoms with Crippen molar-refractivity contribution in [3.8, 4) is 5.75 Å². The van der Waals surface area contributed by atoms with Crippen LogP contribution in [0.3, 0.4) is 0 Å². The summed E-state index contributed by atoms with van der Waals surface area (Å²) >= 11 is 1.52. The van der Waals surface area contributed by atoms with Gasteiger partial charge in [-0.2, -0.15) is 0 Å². The highest BCUT2D eigenvalue weighted by Gasteiger charge is 2.06. The summed E-state index contributed by atoms with van der Waals surface area (Å²) in [5.41, 5.74) is 1.88. The minimum atomic E-state index is -0.327. The molecular weight excluding hydrogens is 236 g/mol. The predicted molar refractivity (Wildman–Crippen MR) is 69.7 cm³/mol. The number of aromatic nitrogens is 2. The second-order valence-corrected chi connectivity index (χ2v) is 4.82. The molecule has 1 heterocycles. The van der Waals surface area contributed by atoms with Gasteiger partial charge in [-0.15, -0.1) is 0 Å². The van der Waals surface area contributed by atoms with Gasteiger partial charge in [-0.1, -0.05) is 11.8 Å². The topological polar surface area (TPSA) is 58.1 Å². The van der Waals surface area contributed by atoms with Crippen molar-refractivity contribution in [1.82, 2.24) is 9.97 Å². The monoisotopic (exact) mass is 252 g/mol. The number of aliphatic hydroxyl groups is 1. The number of aliphatic hydroxyl groups excluding tert-OH is 1. The van der Waals surface area contributed by atoms with E-state index < -0.39 is 0 Å². The molecule has 0 aliphatic rings. The molecule has 2 N–H and O–H groups in total. The molecule has 1 atom stereocenters. The van der Waals surface area contributed by atoms with E-state index in [0.29, 0.717) is 12.4 Å². The number of rotatable bonds is 5. The van der Waals surface area contributed by atoms with E-state index in [2.05, 4.69) is 9.97 Å². The standard InChI is InChI=1S/C12H16N2O2S/c1-3-16-9-4-5-10-11(6-9)14-12(13-10)17-7-8(2)15/h4-6,8,15H,3,7H2,1-2H3,(H,13,14)/t8-/m1/s1. The van der Waals surface area contributed by atoms with Gasteiger partial charge < -0.3 is 14.8 Å². The Kier molecular flexibility index (Phi) is 3.91. The molecule has 92 valence electrons. The van der Waals surface area contributed by atoms with Gasteiger partial charge in [-0.3, -0.25) is 0 Å². The molecule has 0 fully saturated rings. The molecule has 2 aromatic rings. The molecule has 1 aromatic heterocycles. The van der Waals surface area contributed by atoms with Gasteiger partial charge >= 0.3 is 0 Å². The number of ether oxygens (including phenoxy) is 1. The largest absolute Gasteiger partial charge is 0.494 e. The molecule has 4 nitrogen and oxygen atoms in total. The average Bonchev–Trinajstić information content (AvgIpc) is 2.69. The van der Waals surface area contributed by atoms with Crippen LogP contribution in [-0.4, -0.2) is 33.5 Å². The van der Waals surface area contributed by atoms with E-state index in [9.17, 15) is 5.11 Å². The van der Waals surface area contributed by atoms with Crippen molar-refractivity contribution in [2.24, 2.45) is 0 Å². The molecule has 1 aromatic carbocycles. The molecule has 0 unspecified atom stereocenters. The summed E-state index contributed by atoms with van der Waals surface area (Å²) in [6.45, 7) is 4.38. The SMILES string of the molecule is CCOc1ccc2nc(SC[C@@H](C)O)[nH]c2c1. The van der Waals surface area contributed by atoms with Crippen molar-refractivity contribution in [1.29, 1.82) is 0 Å². The number of nitrogens with one attached hydrogen (secondary N) is 1. The first-order valence-corrected chi connectivity index (χ1v) is 6.61. The zero-order valence-electron chi connectivity index (χ0n) is 9.93. The Labute approximate surface area is 104 Å². The van der Waals surface area contributed by atoms with E-state index in [4.69, 9.17) is 4.74 Å². The molecule has 0 radical (unpaired) electrons. The Balaban J connectivity index is 2.18.